The van der Waals surface area contributed by atoms with Crippen molar-refractivity contribution in [3.63, 3.8) is 0 Å². The van der Waals surface area contributed by atoms with Gasteiger partial charge in [-0.3, -0.25) is 0 Å². The van der Waals surface area contributed by atoms with Gasteiger partial charge in [0, 0.05) is 0 Å². The Kier molecular flexibility index (Phi) is 17.4. The van der Waals surface area contributed by atoms with Crippen molar-refractivity contribution in [2.24, 2.45) is 0 Å². The summed E-state index contributed by atoms with van der Waals surface area (Å²) in [6.07, 6.45) is 5.55. The number of halogens is 2. The molecule has 3 heteroatoms. The Morgan fingerprint density at radius 1 is 1.18 bits per heavy atom. The zero-order valence-electron chi connectivity index (χ0n) is 7.18. The van der Waals surface area contributed by atoms with Gasteiger partial charge in [0.1, 0.15) is 0 Å². The van der Waals surface area contributed by atoms with E-state index in [1.165, 1.54) is 15.9 Å². The summed E-state index contributed by atoms with van der Waals surface area (Å²) in [5.74, 6) is 0. The van der Waals surface area contributed by atoms with Gasteiger partial charge in [-0.15, -0.1) is 24.8 Å². The molecule has 0 N–H and O–H groups in total. The van der Waals surface area contributed by atoms with E-state index < -0.39 is 0 Å². The predicted octanol–water partition coefficient (Wildman–Crippen LogP) is 3.64. The van der Waals surface area contributed by atoms with Crippen molar-refractivity contribution in [2.75, 3.05) is 0 Å². The third-order valence-corrected chi connectivity index (χ3v) is 1.57. The Bertz CT molecular complexity index is 123. The maximum atomic E-state index is 2.18. The van der Waals surface area contributed by atoms with Crippen molar-refractivity contribution in [3.05, 3.63) is 21.6 Å². The molecule has 0 aromatic heterocycles. The second-order valence-electron chi connectivity index (χ2n) is 1.88. The van der Waals surface area contributed by atoms with Crippen LogP contribution in [0, 0.1) is 0 Å². The molecular weight excluding hydrogens is 215 g/mol. The molecule has 0 unspecified atom stereocenters. The van der Waals surface area contributed by atoms with Gasteiger partial charge in [0.05, 0.1) is 0 Å². The molecule has 1 rings (SSSR count). The summed E-state index contributed by atoms with van der Waals surface area (Å²) >= 11 is 2.16. The summed E-state index contributed by atoms with van der Waals surface area (Å²) in [5.41, 5.74) is 1.48. The zero-order valence-corrected chi connectivity index (χ0v) is 10.4. The molecule has 0 heterocycles. The molecule has 0 aliphatic heterocycles. The zero-order chi connectivity index (χ0) is 7.28. The molecule has 0 saturated heterocycles. The van der Waals surface area contributed by atoms with Crippen LogP contribution in [0.15, 0.2) is 21.6 Å². The van der Waals surface area contributed by atoms with E-state index in [9.17, 15) is 0 Å². The first-order chi connectivity index (χ1) is 4.29. The fourth-order valence-corrected chi connectivity index (χ4v) is 1.23. The minimum absolute atomic E-state index is 0. The number of hydrogen-bond acceptors (Lipinski definition) is 0. The van der Waals surface area contributed by atoms with Gasteiger partial charge < -0.3 is 0 Å². The monoisotopic (exact) mass is 229 g/mol. The molecule has 0 spiro atoms. The van der Waals surface area contributed by atoms with E-state index in [0.717, 1.165) is 0 Å². The Morgan fingerprint density at radius 2 is 1.64 bits per heavy atom. The topological polar surface area (TPSA) is 0 Å². The molecule has 0 aromatic carbocycles. The average Bonchev–Trinajstić information content (AvgIpc) is 2.20. The third kappa shape index (κ3) is 8.68. The quantitative estimate of drug-likeness (QED) is 0.557. The molecule has 0 bridgehead atoms. The molecule has 0 atom stereocenters. The molecule has 0 fully saturated rings. The Hall–Kier alpha value is 0.774. The normalized spacial score (nSPS) is 12.5. The number of rotatable bonds is 0. The van der Waals surface area contributed by atoms with Gasteiger partial charge in [0.2, 0.25) is 0 Å². The van der Waals surface area contributed by atoms with Crippen molar-refractivity contribution < 1.29 is 20.4 Å². The molecule has 0 saturated carbocycles. The van der Waals surface area contributed by atoms with Gasteiger partial charge in [-0.25, -0.2) is 0 Å². The van der Waals surface area contributed by atoms with E-state index in [4.69, 9.17) is 0 Å². The minimum atomic E-state index is 0. The Balaban J connectivity index is -0.000000149. The van der Waals surface area contributed by atoms with E-state index in [2.05, 4.69) is 39.5 Å². The fourth-order valence-electron chi connectivity index (χ4n) is 0.661. The molecule has 0 amide bonds. The van der Waals surface area contributed by atoms with Crippen LogP contribution in [0.3, 0.4) is 0 Å². The first-order valence-electron chi connectivity index (χ1n) is 3.37. The number of allylic oxidation sites excluding steroid dienone is 4. The molecule has 1 aliphatic rings. The average molecular weight is 230 g/mol. The van der Waals surface area contributed by atoms with Crippen molar-refractivity contribution in [1.29, 1.82) is 0 Å². The van der Waals surface area contributed by atoms with Crippen LogP contribution in [0.5, 0.6) is 0 Å². The van der Waals surface area contributed by atoms with Crippen LogP contribution in [0.2, 0.25) is 0 Å². The van der Waals surface area contributed by atoms with Crippen molar-refractivity contribution in [3.8, 4) is 0 Å². The molecule has 1 aliphatic carbocycles. The van der Waals surface area contributed by atoms with Crippen LogP contribution in [0.25, 0.3) is 0 Å². The van der Waals surface area contributed by atoms with E-state index in [-0.39, 0.29) is 24.8 Å². The van der Waals surface area contributed by atoms with Crippen LogP contribution < -0.4 is 0 Å². The SMILES string of the molecule is CC.CC1=CC=[C]([Ti])C1.Cl.Cl. The van der Waals surface area contributed by atoms with E-state index in [0.29, 0.717) is 0 Å². The van der Waals surface area contributed by atoms with Crippen LogP contribution in [-0.4, -0.2) is 0 Å². The maximum Gasteiger partial charge on any atom is -0.147 e. The molecular formula is C8H15Cl2Ti. The van der Waals surface area contributed by atoms with Gasteiger partial charge in [-0.05, 0) is 0 Å². The molecule has 0 radical (unpaired) electrons. The van der Waals surface area contributed by atoms with Gasteiger partial charge in [0.25, 0.3) is 0 Å². The van der Waals surface area contributed by atoms with E-state index in [1.54, 1.807) is 0 Å². The van der Waals surface area contributed by atoms with Gasteiger partial charge in [-0.1, -0.05) is 13.8 Å². The molecule has 0 nitrogen and oxygen atoms in total. The number of hydrogen-bond donors (Lipinski definition) is 0. The van der Waals surface area contributed by atoms with Gasteiger partial charge in [-0.2, -0.15) is 0 Å². The summed E-state index contributed by atoms with van der Waals surface area (Å²) in [5, 5.41) is 0. The van der Waals surface area contributed by atoms with E-state index in [1.807, 2.05) is 13.8 Å². The summed E-state index contributed by atoms with van der Waals surface area (Å²) in [7, 11) is 0. The second kappa shape index (κ2) is 10.8. The molecule has 0 aromatic rings. The van der Waals surface area contributed by atoms with Crippen LogP contribution in [-0.2, 0) is 20.4 Å². The minimum Gasteiger partial charge on any atom is -0.147 e. The molecule has 11 heavy (non-hydrogen) atoms. The largest absolute Gasteiger partial charge is 0.147 e. The van der Waals surface area contributed by atoms with Crippen molar-refractivity contribution >= 4 is 24.8 Å². The van der Waals surface area contributed by atoms with Crippen molar-refractivity contribution in [2.45, 2.75) is 27.2 Å². The summed E-state index contributed by atoms with van der Waals surface area (Å²) in [6, 6.07) is 0. The Labute approximate surface area is 93.7 Å². The van der Waals surface area contributed by atoms with Crippen molar-refractivity contribution in [1.82, 2.24) is 0 Å². The van der Waals surface area contributed by atoms with E-state index >= 15 is 0 Å². The summed E-state index contributed by atoms with van der Waals surface area (Å²) in [6.45, 7) is 6.16. The smallest absolute Gasteiger partial charge is 0.147 e. The summed E-state index contributed by atoms with van der Waals surface area (Å²) in [4.78, 5) is 0. The van der Waals surface area contributed by atoms with Crippen LogP contribution in [0.1, 0.15) is 27.2 Å². The first kappa shape index (κ1) is 17.8. The third-order valence-electron chi connectivity index (χ3n) is 1.04. The standard InChI is InChI=1S/C6H7.C2H6.2ClH.Ti/c1-6-4-2-3-5-6;1-2;;;/h2,4H,5H2,1H3;1-2H3;2*1H;. The fraction of sp³-hybridized carbons (Fsp3) is 0.500. The van der Waals surface area contributed by atoms with Crippen LogP contribution >= 0.6 is 24.8 Å². The van der Waals surface area contributed by atoms with Gasteiger partial charge >= 0.3 is 55.4 Å². The van der Waals surface area contributed by atoms with Gasteiger partial charge in [0.15, 0.2) is 0 Å². The summed E-state index contributed by atoms with van der Waals surface area (Å²) < 4.78 is 1.48. The maximum absolute atomic E-state index is 2.18. The van der Waals surface area contributed by atoms with Crippen LogP contribution in [0.4, 0.5) is 0 Å². The Morgan fingerprint density at radius 3 is 1.73 bits per heavy atom. The second-order valence-corrected chi connectivity index (χ2v) is 2.88. The first-order valence-corrected chi connectivity index (χ1v) is 4.15. The molecule has 65 valence electrons. The predicted molar refractivity (Wildman–Crippen MR) is 52.3 cm³/mol.